The third-order valence-electron chi connectivity index (χ3n) is 3.45. The molecule has 0 radical (unpaired) electrons. The molecule has 1 fully saturated rings. The van der Waals surface area contributed by atoms with Gasteiger partial charge in [0.05, 0.1) is 5.02 Å². The Balaban J connectivity index is 2.00. The van der Waals surface area contributed by atoms with E-state index in [1.165, 1.54) is 12.8 Å². The van der Waals surface area contributed by atoms with Crippen LogP contribution in [0.1, 0.15) is 43.0 Å². The lowest BCUT2D eigenvalue weighted by molar-refractivity contribution is 0.0921. The van der Waals surface area contributed by atoms with E-state index < -0.39 is 0 Å². The largest absolute Gasteiger partial charge is 0.349 e. The Hall–Kier alpha value is -0.290. The van der Waals surface area contributed by atoms with Gasteiger partial charge in [-0.15, -0.1) is 0 Å². The lowest BCUT2D eigenvalue weighted by Crippen LogP contribution is -2.37. The van der Waals surface area contributed by atoms with E-state index in [1.54, 1.807) is 6.07 Å². The number of amides is 1. The van der Waals surface area contributed by atoms with Crippen LogP contribution in [0.5, 0.6) is 0 Å². The SMILES string of the molecule is CC1CCCC(NC(=O)c2ccc(I)c(Cl)c2)C1. The van der Waals surface area contributed by atoms with Crippen molar-refractivity contribution in [2.24, 2.45) is 5.92 Å². The molecule has 2 rings (SSSR count). The van der Waals surface area contributed by atoms with Gasteiger partial charge in [0.15, 0.2) is 0 Å². The fraction of sp³-hybridized carbons (Fsp3) is 0.500. The van der Waals surface area contributed by atoms with Gasteiger partial charge >= 0.3 is 0 Å². The highest BCUT2D eigenvalue weighted by molar-refractivity contribution is 14.1. The minimum Gasteiger partial charge on any atom is -0.349 e. The second kappa shape index (κ2) is 6.24. The molecule has 2 atom stereocenters. The van der Waals surface area contributed by atoms with Gasteiger partial charge in [-0.2, -0.15) is 0 Å². The van der Waals surface area contributed by atoms with E-state index in [4.69, 9.17) is 11.6 Å². The highest BCUT2D eigenvalue weighted by atomic mass is 127. The summed E-state index contributed by atoms with van der Waals surface area (Å²) in [5.41, 5.74) is 0.652. The molecule has 18 heavy (non-hydrogen) atoms. The molecule has 0 aliphatic heterocycles. The molecule has 1 aromatic carbocycles. The van der Waals surface area contributed by atoms with Gasteiger partial charge in [0.25, 0.3) is 5.91 Å². The standard InChI is InChI=1S/C14H17ClINO/c1-9-3-2-4-11(7-9)17-14(18)10-5-6-13(16)12(15)8-10/h5-6,8-9,11H,2-4,7H2,1H3,(H,17,18). The quantitative estimate of drug-likeness (QED) is 0.767. The molecule has 1 aromatic rings. The fourth-order valence-corrected chi connectivity index (χ4v) is 2.99. The summed E-state index contributed by atoms with van der Waals surface area (Å²) in [5, 5.41) is 3.75. The molecule has 98 valence electrons. The second-order valence-corrected chi connectivity index (χ2v) is 6.64. The summed E-state index contributed by atoms with van der Waals surface area (Å²) >= 11 is 8.20. The molecule has 2 nitrogen and oxygen atoms in total. The maximum atomic E-state index is 12.1. The molecule has 0 bridgehead atoms. The number of carbonyl (C=O) groups is 1. The van der Waals surface area contributed by atoms with Gasteiger partial charge < -0.3 is 5.32 Å². The third-order valence-corrected chi connectivity index (χ3v) is 5.03. The van der Waals surface area contributed by atoms with Crippen LogP contribution in [-0.2, 0) is 0 Å². The van der Waals surface area contributed by atoms with Crippen LogP contribution in [0.3, 0.4) is 0 Å². The Morgan fingerprint density at radius 3 is 2.89 bits per heavy atom. The van der Waals surface area contributed by atoms with Crippen LogP contribution in [0.4, 0.5) is 0 Å². The van der Waals surface area contributed by atoms with Crippen molar-refractivity contribution in [3.63, 3.8) is 0 Å². The van der Waals surface area contributed by atoms with E-state index in [0.717, 1.165) is 16.4 Å². The van der Waals surface area contributed by atoms with Gasteiger partial charge in [-0.3, -0.25) is 4.79 Å². The minimum absolute atomic E-state index is 0.00704. The first-order valence-electron chi connectivity index (χ1n) is 6.32. The van der Waals surface area contributed by atoms with Gasteiger partial charge in [-0.1, -0.05) is 31.4 Å². The molecule has 4 heteroatoms. The number of benzene rings is 1. The molecular weight excluding hydrogens is 361 g/mol. The number of halogens is 2. The maximum absolute atomic E-state index is 12.1. The smallest absolute Gasteiger partial charge is 0.251 e. The number of hydrogen-bond donors (Lipinski definition) is 1. The molecule has 1 N–H and O–H groups in total. The fourth-order valence-electron chi connectivity index (χ4n) is 2.47. The van der Waals surface area contributed by atoms with Gasteiger partial charge in [-0.05, 0) is 59.5 Å². The van der Waals surface area contributed by atoms with Crippen LogP contribution in [0.25, 0.3) is 0 Å². The summed E-state index contributed by atoms with van der Waals surface area (Å²) in [7, 11) is 0. The summed E-state index contributed by atoms with van der Waals surface area (Å²) in [5.74, 6) is 0.705. The molecule has 0 aromatic heterocycles. The van der Waals surface area contributed by atoms with Crippen LogP contribution >= 0.6 is 34.2 Å². The van der Waals surface area contributed by atoms with E-state index in [1.807, 2.05) is 12.1 Å². The van der Waals surface area contributed by atoms with Crippen molar-refractivity contribution in [3.05, 3.63) is 32.4 Å². The van der Waals surface area contributed by atoms with Gasteiger partial charge in [-0.25, -0.2) is 0 Å². The second-order valence-electron chi connectivity index (χ2n) is 5.07. The van der Waals surface area contributed by atoms with Gasteiger partial charge in [0.1, 0.15) is 0 Å². The summed E-state index contributed by atoms with van der Waals surface area (Å²) in [6.07, 6.45) is 4.67. The molecule has 1 aliphatic rings. The van der Waals surface area contributed by atoms with Gasteiger partial charge in [0.2, 0.25) is 0 Å². The average molecular weight is 378 g/mol. The predicted octanol–water partition coefficient (Wildman–Crippen LogP) is 4.25. The highest BCUT2D eigenvalue weighted by Gasteiger charge is 2.21. The molecule has 0 saturated heterocycles. The normalized spacial score (nSPS) is 23.7. The van der Waals surface area contributed by atoms with E-state index in [0.29, 0.717) is 22.5 Å². The molecular formula is C14H17ClINO. The van der Waals surface area contributed by atoms with E-state index in [2.05, 4.69) is 34.8 Å². The van der Waals surface area contributed by atoms with Gasteiger partial charge in [0, 0.05) is 15.2 Å². The molecule has 0 heterocycles. The zero-order valence-electron chi connectivity index (χ0n) is 10.4. The highest BCUT2D eigenvalue weighted by Crippen LogP contribution is 2.24. The number of nitrogens with one attached hydrogen (secondary N) is 1. The Morgan fingerprint density at radius 1 is 1.44 bits per heavy atom. The summed E-state index contributed by atoms with van der Waals surface area (Å²) < 4.78 is 0.970. The van der Waals surface area contributed by atoms with Crippen LogP contribution in [0.15, 0.2) is 18.2 Å². The van der Waals surface area contributed by atoms with E-state index in [9.17, 15) is 4.79 Å². The monoisotopic (exact) mass is 377 g/mol. The molecule has 1 amide bonds. The summed E-state index contributed by atoms with van der Waals surface area (Å²) in [6, 6.07) is 5.76. The zero-order chi connectivity index (χ0) is 13.1. The first-order chi connectivity index (χ1) is 8.56. The van der Waals surface area contributed by atoms with Crippen molar-refractivity contribution in [2.45, 2.75) is 38.6 Å². The maximum Gasteiger partial charge on any atom is 0.251 e. The number of carbonyl (C=O) groups excluding carboxylic acids is 1. The lowest BCUT2D eigenvalue weighted by Gasteiger charge is -2.27. The van der Waals surface area contributed by atoms with Crippen molar-refractivity contribution < 1.29 is 4.79 Å². The predicted molar refractivity (Wildman–Crippen MR) is 83.1 cm³/mol. The first kappa shape index (κ1) is 14.1. The van der Waals surface area contributed by atoms with Crippen molar-refractivity contribution in [1.29, 1.82) is 0 Å². The Bertz CT molecular complexity index is 449. The Kier molecular flexibility index (Phi) is 4.90. The topological polar surface area (TPSA) is 29.1 Å². The molecule has 2 unspecified atom stereocenters. The van der Waals surface area contributed by atoms with Crippen molar-refractivity contribution >= 4 is 40.1 Å². The van der Waals surface area contributed by atoms with Crippen LogP contribution in [0, 0.1) is 9.49 Å². The van der Waals surface area contributed by atoms with Crippen LogP contribution in [-0.4, -0.2) is 11.9 Å². The average Bonchev–Trinajstić information content (AvgIpc) is 2.32. The third kappa shape index (κ3) is 3.60. The molecule has 0 spiro atoms. The summed E-state index contributed by atoms with van der Waals surface area (Å²) in [6.45, 7) is 2.25. The first-order valence-corrected chi connectivity index (χ1v) is 7.78. The Labute approximate surface area is 127 Å². The van der Waals surface area contributed by atoms with Crippen LogP contribution < -0.4 is 5.32 Å². The van der Waals surface area contributed by atoms with Crippen LogP contribution in [0.2, 0.25) is 5.02 Å². The molecule has 1 aliphatic carbocycles. The van der Waals surface area contributed by atoms with E-state index in [-0.39, 0.29) is 5.91 Å². The van der Waals surface area contributed by atoms with Crippen molar-refractivity contribution in [3.8, 4) is 0 Å². The minimum atomic E-state index is -0.00704. The van der Waals surface area contributed by atoms with E-state index >= 15 is 0 Å². The summed E-state index contributed by atoms with van der Waals surface area (Å²) in [4.78, 5) is 12.1. The Morgan fingerprint density at radius 2 is 2.22 bits per heavy atom. The lowest BCUT2D eigenvalue weighted by atomic mass is 9.87. The molecule has 1 saturated carbocycles. The number of rotatable bonds is 2. The zero-order valence-corrected chi connectivity index (χ0v) is 13.3. The van der Waals surface area contributed by atoms with Crippen molar-refractivity contribution in [1.82, 2.24) is 5.32 Å². The number of hydrogen-bond acceptors (Lipinski definition) is 1. The van der Waals surface area contributed by atoms with Crippen molar-refractivity contribution in [2.75, 3.05) is 0 Å².